The summed E-state index contributed by atoms with van der Waals surface area (Å²) in [5.41, 5.74) is 0.0237. The zero-order chi connectivity index (χ0) is 15.8. The summed E-state index contributed by atoms with van der Waals surface area (Å²) in [6, 6.07) is 5.57. The molecule has 6 heteroatoms. The van der Waals surface area contributed by atoms with Gasteiger partial charge in [-0.1, -0.05) is 0 Å². The fourth-order valence-electron chi connectivity index (χ4n) is 2.36. The molecule has 1 amide bonds. The van der Waals surface area contributed by atoms with E-state index < -0.39 is 5.91 Å². The van der Waals surface area contributed by atoms with E-state index in [0.29, 0.717) is 18.9 Å². The molecule has 1 aliphatic heterocycles. The highest BCUT2D eigenvalue weighted by Gasteiger charge is 2.15. The average Bonchev–Trinajstić information content (AvgIpc) is 3.02. The van der Waals surface area contributed by atoms with E-state index in [1.165, 1.54) is 12.5 Å². The average molecular weight is 303 g/mol. The summed E-state index contributed by atoms with van der Waals surface area (Å²) in [5, 5.41) is 11.7. The zero-order valence-corrected chi connectivity index (χ0v) is 12.8. The Kier molecular flexibility index (Phi) is 6.04. The molecule has 1 aromatic heterocycles. The minimum atomic E-state index is -0.421. The van der Waals surface area contributed by atoms with Crippen molar-refractivity contribution in [2.75, 3.05) is 38.3 Å². The van der Waals surface area contributed by atoms with Gasteiger partial charge in [0.1, 0.15) is 17.4 Å². The quantitative estimate of drug-likeness (QED) is 0.493. The van der Waals surface area contributed by atoms with Crippen LogP contribution in [-0.2, 0) is 9.53 Å². The van der Waals surface area contributed by atoms with Gasteiger partial charge in [-0.15, -0.1) is 0 Å². The Balaban J connectivity index is 2.01. The maximum atomic E-state index is 11.9. The lowest BCUT2D eigenvalue weighted by Gasteiger charge is -2.25. The van der Waals surface area contributed by atoms with E-state index in [-0.39, 0.29) is 5.57 Å². The van der Waals surface area contributed by atoms with Crippen LogP contribution in [0, 0.1) is 11.3 Å². The maximum absolute atomic E-state index is 11.9. The van der Waals surface area contributed by atoms with Crippen molar-refractivity contribution in [1.29, 1.82) is 5.26 Å². The summed E-state index contributed by atoms with van der Waals surface area (Å²) in [4.78, 5) is 14.0. The molecule has 2 rings (SSSR count). The number of nitrogens with zero attached hydrogens (tertiary/aromatic N) is 2. The molecule has 0 spiro atoms. The Morgan fingerprint density at radius 2 is 2.23 bits per heavy atom. The van der Waals surface area contributed by atoms with Crippen LogP contribution >= 0.6 is 0 Å². The molecule has 2 heterocycles. The van der Waals surface area contributed by atoms with Crippen molar-refractivity contribution in [3.63, 3.8) is 0 Å². The Bertz CT molecular complexity index is 565. The first-order chi connectivity index (χ1) is 10.7. The molecule has 22 heavy (non-hydrogen) atoms. The third kappa shape index (κ3) is 4.37. The second-order valence-electron chi connectivity index (χ2n) is 5.14. The van der Waals surface area contributed by atoms with Crippen LogP contribution in [0.1, 0.15) is 25.0 Å². The van der Waals surface area contributed by atoms with E-state index in [4.69, 9.17) is 14.4 Å². The van der Waals surface area contributed by atoms with Crippen LogP contribution in [0.3, 0.4) is 0 Å². The molecule has 0 saturated carbocycles. The van der Waals surface area contributed by atoms with Crippen LogP contribution in [0.25, 0.3) is 6.08 Å². The van der Waals surface area contributed by atoms with Crippen molar-refractivity contribution in [2.45, 2.75) is 19.3 Å². The fraction of sp³-hybridized carbons (Fsp3) is 0.500. The van der Waals surface area contributed by atoms with Crippen LogP contribution in [0.5, 0.6) is 0 Å². The second-order valence-corrected chi connectivity index (χ2v) is 5.14. The molecule has 0 aliphatic carbocycles. The molecule has 1 N–H and O–H groups in total. The van der Waals surface area contributed by atoms with Crippen molar-refractivity contribution >= 4 is 17.9 Å². The van der Waals surface area contributed by atoms with Crippen LogP contribution in [0.4, 0.5) is 5.88 Å². The number of nitriles is 1. The van der Waals surface area contributed by atoms with Crippen LogP contribution < -0.4 is 10.2 Å². The highest BCUT2D eigenvalue weighted by Crippen LogP contribution is 2.23. The van der Waals surface area contributed by atoms with Crippen molar-refractivity contribution in [3.8, 4) is 6.07 Å². The predicted molar refractivity (Wildman–Crippen MR) is 83.2 cm³/mol. The molecule has 1 fully saturated rings. The van der Waals surface area contributed by atoms with Gasteiger partial charge in [0.25, 0.3) is 5.91 Å². The summed E-state index contributed by atoms with van der Waals surface area (Å²) in [6.45, 7) is 2.74. The Morgan fingerprint density at radius 3 is 2.91 bits per heavy atom. The number of anilines is 1. The number of amides is 1. The lowest BCUT2D eigenvalue weighted by Crippen LogP contribution is -2.28. The number of nitrogens with one attached hydrogen (secondary N) is 1. The molecule has 118 valence electrons. The SMILES string of the molecule is COCCNC(=O)C(C#N)=Cc1ccc(N2CCCCC2)o1. The van der Waals surface area contributed by atoms with E-state index in [1.54, 1.807) is 13.2 Å². The zero-order valence-electron chi connectivity index (χ0n) is 12.8. The van der Waals surface area contributed by atoms with Gasteiger partial charge < -0.3 is 19.4 Å². The van der Waals surface area contributed by atoms with Crippen molar-refractivity contribution in [1.82, 2.24) is 5.32 Å². The molecule has 0 unspecified atom stereocenters. The molecule has 0 aromatic carbocycles. The highest BCUT2D eigenvalue weighted by atomic mass is 16.5. The first-order valence-electron chi connectivity index (χ1n) is 7.48. The second kappa shape index (κ2) is 8.25. The number of methoxy groups -OCH3 is 1. The number of piperidine rings is 1. The summed E-state index contributed by atoms with van der Waals surface area (Å²) < 4.78 is 10.6. The molecule has 1 saturated heterocycles. The van der Waals surface area contributed by atoms with Crippen LogP contribution in [0.2, 0.25) is 0 Å². The number of furan rings is 1. The van der Waals surface area contributed by atoms with Gasteiger partial charge in [-0.05, 0) is 25.3 Å². The molecule has 0 atom stereocenters. The number of rotatable bonds is 6. The van der Waals surface area contributed by atoms with Gasteiger partial charge in [-0.25, -0.2) is 0 Å². The minimum Gasteiger partial charge on any atom is -0.441 e. The molecule has 0 bridgehead atoms. The van der Waals surface area contributed by atoms with E-state index in [2.05, 4.69) is 10.2 Å². The number of carbonyl (C=O) groups excluding carboxylic acids is 1. The van der Waals surface area contributed by atoms with Gasteiger partial charge >= 0.3 is 0 Å². The highest BCUT2D eigenvalue weighted by molar-refractivity contribution is 6.01. The molecular weight excluding hydrogens is 282 g/mol. The van der Waals surface area contributed by atoms with Gasteiger partial charge in [0.05, 0.1) is 6.61 Å². The predicted octanol–water partition coefficient (Wildman–Crippen LogP) is 1.94. The lowest BCUT2D eigenvalue weighted by molar-refractivity contribution is -0.117. The van der Waals surface area contributed by atoms with Crippen LogP contribution in [-0.4, -0.2) is 39.3 Å². The lowest BCUT2D eigenvalue weighted by atomic mass is 10.1. The number of ether oxygens (including phenoxy) is 1. The standard InChI is InChI=1S/C16H21N3O3/c1-21-10-7-18-16(20)13(12-17)11-14-5-6-15(22-14)19-8-3-2-4-9-19/h5-6,11H,2-4,7-10H2,1H3,(H,18,20). The monoisotopic (exact) mass is 303 g/mol. The number of hydrogen-bond donors (Lipinski definition) is 1. The van der Waals surface area contributed by atoms with Gasteiger partial charge in [-0.2, -0.15) is 5.26 Å². The summed E-state index contributed by atoms with van der Waals surface area (Å²) >= 11 is 0. The molecule has 6 nitrogen and oxygen atoms in total. The third-order valence-electron chi connectivity index (χ3n) is 3.52. The van der Waals surface area contributed by atoms with Crippen molar-refractivity contribution < 1.29 is 13.9 Å². The minimum absolute atomic E-state index is 0.0237. The van der Waals surface area contributed by atoms with Gasteiger partial charge in [0, 0.05) is 38.9 Å². The Hall–Kier alpha value is -2.26. The summed E-state index contributed by atoms with van der Waals surface area (Å²) in [5.74, 6) is 0.887. The summed E-state index contributed by atoms with van der Waals surface area (Å²) in [6.07, 6.45) is 5.05. The maximum Gasteiger partial charge on any atom is 0.262 e. The van der Waals surface area contributed by atoms with E-state index >= 15 is 0 Å². The molecule has 1 aromatic rings. The van der Waals surface area contributed by atoms with E-state index in [9.17, 15) is 4.79 Å². The summed E-state index contributed by atoms with van der Waals surface area (Å²) in [7, 11) is 1.55. The van der Waals surface area contributed by atoms with Crippen molar-refractivity contribution in [2.24, 2.45) is 0 Å². The molecule has 0 radical (unpaired) electrons. The first kappa shape index (κ1) is 16.1. The Labute approximate surface area is 130 Å². The number of hydrogen-bond acceptors (Lipinski definition) is 5. The van der Waals surface area contributed by atoms with Gasteiger partial charge in [0.2, 0.25) is 0 Å². The number of carbonyl (C=O) groups is 1. The smallest absolute Gasteiger partial charge is 0.262 e. The molecular formula is C16H21N3O3. The van der Waals surface area contributed by atoms with Crippen LogP contribution in [0.15, 0.2) is 22.1 Å². The largest absolute Gasteiger partial charge is 0.441 e. The normalized spacial score (nSPS) is 15.5. The van der Waals surface area contributed by atoms with Gasteiger partial charge in [0.15, 0.2) is 5.88 Å². The van der Waals surface area contributed by atoms with Gasteiger partial charge in [-0.3, -0.25) is 4.79 Å². The third-order valence-corrected chi connectivity index (χ3v) is 3.52. The Morgan fingerprint density at radius 1 is 1.45 bits per heavy atom. The molecule has 1 aliphatic rings. The van der Waals surface area contributed by atoms with E-state index in [0.717, 1.165) is 31.8 Å². The first-order valence-corrected chi connectivity index (χ1v) is 7.48. The fourth-order valence-corrected chi connectivity index (χ4v) is 2.36. The topological polar surface area (TPSA) is 78.5 Å². The van der Waals surface area contributed by atoms with E-state index in [1.807, 2.05) is 12.1 Å². The van der Waals surface area contributed by atoms with Crippen molar-refractivity contribution in [3.05, 3.63) is 23.5 Å².